The van der Waals surface area contributed by atoms with Gasteiger partial charge in [0.2, 0.25) is 0 Å². The zero-order valence-electron chi connectivity index (χ0n) is 18.9. The van der Waals surface area contributed by atoms with Crippen LogP contribution >= 0.6 is 0 Å². The van der Waals surface area contributed by atoms with Crippen LogP contribution in [0.15, 0.2) is 66.0 Å². The molecule has 0 aliphatic heterocycles. The molecule has 1 atom stereocenters. The number of nitrogens with zero attached hydrogens (tertiary/aromatic N) is 5. The van der Waals surface area contributed by atoms with E-state index in [0.717, 1.165) is 50.9 Å². The molecule has 6 aromatic heterocycles. The number of aliphatic hydroxyl groups excluding tert-OH is 1. The predicted molar refractivity (Wildman–Crippen MR) is 132 cm³/mol. The normalized spacial score (nSPS) is 12.4. The van der Waals surface area contributed by atoms with Crippen LogP contribution in [0, 0.1) is 0 Å². The van der Waals surface area contributed by atoms with Crippen molar-refractivity contribution in [2.24, 2.45) is 0 Å². The van der Waals surface area contributed by atoms with Gasteiger partial charge >= 0.3 is 0 Å². The average molecular weight is 467 g/mol. The minimum Gasteiger partial charge on any atom is -0.472 e. The molecule has 0 spiro atoms. The van der Waals surface area contributed by atoms with E-state index in [-0.39, 0.29) is 0 Å². The van der Waals surface area contributed by atoms with E-state index in [1.807, 2.05) is 31.2 Å². The number of hydrogen-bond acceptors (Lipinski definition) is 8. The van der Waals surface area contributed by atoms with E-state index in [1.165, 1.54) is 0 Å². The van der Waals surface area contributed by atoms with Crippen LogP contribution in [0.3, 0.4) is 0 Å². The second-order valence-electron chi connectivity index (χ2n) is 8.25. The minimum absolute atomic E-state index is 0.600. The summed E-state index contributed by atoms with van der Waals surface area (Å²) in [4.78, 5) is 21.4. The van der Waals surface area contributed by atoms with Gasteiger partial charge in [-0.25, -0.2) is 9.97 Å². The largest absolute Gasteiger partial charge is 0.472 e. The third-order valence-electron chi connectivity index (χ3n) is 5.82. The Hall–Kier alpha value is -4.57. The molecule has 6 aromatic rings. The molecule has 1 unspecified atom stereocenters. The molecule has 0 saturated carbocycles. The number of rotatable bonds is 7. The Labute approximate surface area is 199 Å². The van der Waals surface area contributed by atoms with Crippen molar-refractivity contribution in [2.75, 3.05) is 5.32 Å². The van der Waals surface area contributed by atoms with Crippen molar-refractivity contribution >= 4 is 27.8 Å². The molecule has 6 rings (SSSR count). The summed E-state index contributed by atoms with van der Waals surface area (Å²) < 4.78 is 5.25. The van der Waals surface area contributed by atoms with E-state index in [0.29, 0.717) is 23.6 Å². The van der Waals surface area contributed by atoms with Crippen molar-refractivity contribution in [3.8, 4) is 33.9 Å². The zero-order chi connectivity index (χ0) is 23.8. The Balaban J connectivity index is 1.40. The van der Waals surface area contributed by atoms with Gasteiger partial charge in [0.05, 0.1) is 41.8 Å². The number of aromatic nitrogens is 7. The molecule has 10 heteroatoms. The number of nitrogens with one attached hydrogen (secondary N) is 3. The molecular formula is C25H22N8O2. The lowest BCUT2D eigenvalue weighted by molar-refractivity contribution is 0.192. The van der Waals surface area contributed by atoms with E-state index in [9.17, 15) is 5.11 Å². The first-order chi connectivity index (χ1) is 17.2. The van der Waals surface area contributed by atoms with E-state index in [1.54, 1.807) is 37.3 Å². The first-order valence-electron chi connectivity index (χ1n) is 11.3. The average Bonchev–Trinajstić information content (AvgIpc) is 3.63. The number of furan rings is 1. The Morgan fingerprint density at radius 1 is 1.11 bits per heavy atom. The van der Waals surface area contributed by atoms with Gasteiger partial charge in [-0.05, 0) is 30.7 Å². The Morgan fingerprint density at radius 2 is 2.06 bits per heavy atom. The van der Waals surface area contributed by atoms with Crippen LogP contribution in [0.5, 0.6) is 0 Å². The topological polar surface area (TPSA) is 141 Å². The quantitative estimate of drug-likeness (QED) is 0.247. The number of anilines is 1. The molecule has 35 heavy (non-hydrogen) atoms. The molecular weight excluding hydrogens is 444 g/mol. The summed E-state index contributed by atoms with van der Waals surface area (Å²) in [6.07, 6.45) is 11.1. The maximum absolute atomic E-state index is 10.1. The maximum Gasteiger partial charge on any atom is 0.160 e. The lowest BCUT2D eigenvalue weighted by Gasteiger charge is -2.13. The highest BCUT2D eigenvalue weighted by Crippen LogP contribution is 2.32. The van der Waals surface area contributed by atoms with Crippen molar-refractivity contribution in [2.45, 2.75) is 26.0 Å². The highest BCUT2D eigenvalue weighted by atomic mass is 16.3. The lowest BCUT2D eigenvalue weighted by atomic mass is 10.1. The fourth-order valence-corrected chi connectivity index (χ4v) is 4.13. The summed E-state index contributed by atoms with van der Waals surface area (Å²) in [5.41, 5.74) is 6.99. The number of fused-ring (bicyclic) bond motifs is 2. The molecule has 4 N–H and O–H groups in total. The second-order valence-corrected chi connectivity index (χ2v) is 8.25. The van der Waals surface area contributed by atoms with E-state index >= 15 is 0 Å². The van der Waals surface area contributed by atoms with E-state index in [4.69, 9.17) is 9.40 Å². The van der Waals surface area contributed by atoms with Gasteiger partial charge in [-0.1, -0.05) is 13.3 Å². The lowest BCUT2D eigenvalue weighted by Crippen LogP contribution is -2.18. The summed E-state index contributed by atoms with van der Waals surface area (Å²) in [7, 11) is 0. The fraction of sp³-hybridized carbons (Fsp3) is 0.160. The predicted octanol–water partition coefficient (Wildman–Crippen LogP) is 4.75. The van der Waals surface area contributed by atoms with Crippen molar-refractivity contribution in [3.63, 3.8) is 0 Å². The van der Waals surface area contributed by atoms with Crippen LogP contribution in [-0.4, -0.2) is 46.5 Å². The molecule has 0 aliphatic rings. The van der Waals surface area contributed by atoms with Crippen molar-refractivity contribution in [3.05, 3.63) is 61.6 Å². The first kappa shape index (κ1) is 21.0. The van der Waals surface area contributed by atoms with Gasteiger partial charge in [0.25, 0.3) is 0 Å². The van der Waals surface area contributed by atoms with Crippen LogP contribution in [0.25, 0.3) is 56.0 Å². The Morgan fingerprint density at radius 3 is 2.91 bits per heavy atom. The molecule has 10 nitrogen and oxygen atoms in total. The standard InChI is InChI=1S/C25H22N8O2/c1-2-3-21(34)29-16-8-15(10-26-11-16)19-9-18-20(12-28-19)32-33-23(18)25-30-22-17(14-5-7-35-13-14)4-6-27-24(22)31-25/h4-13,21,29,34H,2-3H2,1H3,(H,32,33)(H,27,30,31). The molecule has 0 bridgehead atoms. The third-order valence-corrected chi connectivity index (χ3v) is 5.82. The third kappa shape index (κ3) is 3.89. The smallest absolute Gasteiger partial charge is 0.160 e. The van der Waals surface area contributed by atoms with Crippen molar-refractivity contribution in [1.82, 2.24) is 35.1 Å². The number of hydrogen-bond donors (Lipinski definition) is 4. The summed E-state index contributed by atoms with van der Waals surface area (Å²) in [6, 6.07) is 7.67. The number of H-pyrrole nitrogens is 2. The number of aromatic amines is 2. The Kier molecular flexibility index (Phi) is 5.19. The molecule has 0 aliphatic carbocycles. The molecule has 0 amide bonds. The number of aliphatic hydroxyl groups is 1. The second kappa shape index (κ2) is 8.65. The molecule has 0 aromatic carbocycles. The summed E-state index contributed by atoms with van der Waals surface area (Å²) in [6.45, 7) is 2.03. The van der Waals surface area contributed by atoms with Crippen LogP contribution < -0.4 is 5.32 Å². The van der Waals surface area contributed by atoms with Gasteiger partial charge in [-0.2, -0.15) is 5.10 Å². The number of pyridine rings is 3. The van der Waals surface area contributed by atoms with Gasteiger partial charge in [-0.3, -0.25) is 15.1 Å². The molecule has 174 valence electrons. The van der Waals surface area contributed by atoms with Gasteiger partial charge < -0.3 is 19.8 Å². The van der Waals surface area contributed by atoms with Crippen LogP contribution in [0.1, 0.15) is 19.8 Å². The number of imidazole rings is 1. The van der Waals surface area contributed by atoms with Gasteiger partial charge in [0, 0.05) is 34.5 Å². The molecule has 0 radical (unpaired) electrons. The maximum atomic E-state index is 10.1. The zero-order valence-corrected chi connectivity index (χ0v) is 18.9. The van der Waals surface area contributed by atoms with Crippen molar-refractivity contribution < 1.29 is 9.52 Å². The highest BCUT2D eigenvalue weighted by molar-refractivity contribution is 5.96. The first-order valence-corrected chi connectivity index (χ1v) is 11.3. The Bertz CT molecular complexity index is 1620. The van der Waals surface area contributed by atoms with Gasteiger partial charge in [0.15, 0.2) is 11.5 Å². The summed E-state index contributed by atoms with van der Waals surface area (Å²) in [5.74, 6) is 0.600. The SMILES string of the molecule is CCCC(O)Nc1cncc(-c2cc3c(-c4nc5c(-c6ccoc6)ccnc5[nH]4)n[nH]c3cn2)c1. The summed E-state index contributed by atoms with van der Waals surface area (Å²) in [5, 5.41) is 21.6. The van der Waals surface area contributed by atoms with E-state index in [2.05, 4.69) is 35.5 Å². The van der Waals surface area contributed by atoms with Crippen molar-refractivity contribution in [1.29, 1.82) is 0 Å². The van der Waals surface area contributed by atoms with Gasteiger partial charge in [-0.15, -0.1) is 0 Å². The van der Waals surface area contributed by atoms with E-state index < -0.39 is 6.23 Å². The minimum atomic E-state index is -0.624. The van der Waals surface area contributed by atoms with Crippen LogP contribution in [0.4, 0.5) is 5.69 Å². The molecule has 6 heterocycles. The monoisotopic (exact) mass is 466 g/mol. The molecule has 0 fully saturated rings. The highest BCUT2D eigenvalue weighted by Gasteiger charge is 2.17. The van der Waals surface area contributed by atoms with Crippen LogP contribution in [-0.2, 0) is 0 Å². The summed E-state index contributed by atoms with van der Waals surface area (Å²) >= 11 is 0. The molecule has 0 saturated heterocycles. The van der Waals surface area contributed by atoms with Gasteiger partial charge in [0.1, 0.15) is 17.4 Å². The fourth-order valence-electron chi connectivity index (χ4n) is 4.13. The van der Waals surface area contributed by atoms with Crippen LogP contribution in [0.2, 0.25) is 0 Å².